The summed E-state index contributed by atoms with van der Waals surface area (Å²) >= 11 is 0. The van der Waals surface area contributed by atoms with Gasteiger partial charge in [0.1, 0.15) is 0 Å². The predicted octanol–water partition coefficient (Wildman–Crippen LogP) is 1.05. The van der Waals surface area contributed by atoms with Gasteiger partial charge in [-0.25, -0.2) is 0 Å². The van der Waals surface area contributed by atoms with Crippen LogP contribution in [0.3, 0.4) is 0 Å². The quantitative estimate of drug-likeness (QED) is 0.555. The fourth-order valence-electron chi connectivity index (χ4n) is 2.54. The first-order valence-electron chi connectivity index (χ1n) is 7.02. The van der Waals surface area contributed by atoms with Crippen LogP contribution in [0.5, 0.6) is 0 Å². The smallest absolute Gasteiger partial charge is 0.191 e. The van der Waals surface area contributed by atoms with Crippen molar-refractivity contribution in [1.82, 2.24) is 15.5 Å². The highest BCUT2D eigenvalue weighted by molar-refractivity contribution is 5.79. The molecule has 0 aromatic rings. The van der Waals surface area contributed by atoms with Gasteiger partial charge in [0.25, 0.3) is 0 Å². The molecule has 0 spiro atoms. The van der Waals surface area contributed by atoms with E-state index in [1.54, 1.807) is 0 Å². The first kappa shape index (κ1) is 12.7. The third-order valence-electron chi connectivity index (χ3n) is 3.89. The Labute approximate surface area is 105 Å². The van der Waals surface area contributed by atoms with Crippen molar-refractivity contribution in [2.45, 2.75) is 38.6 Å². The molecule has 1 heterocycles. The van der Waals surface area contributed by atoms with Gasteiger partial charge in [-0.1, -0.05) is 6.92 Å². The summed E-state index contributed by atoms with van der Waals surface area (Å²) in [5, 5.41) is 6.86. The Morgan fingerprint density at radius 1 is 1.24 bits per heavy atom. The molecular weight excluding hydrogens is 212 g/mol. The number of aliphatic imine (C=N–C) groups is 1. The molecule has 1 aliphatic heterocycles. The number of likely N-dealkylation sites (tertiary alicyclic amines) is 1. The molecule has 1 atom stereocenters. The molecule has 1 saturated carbocycles. The lowest BCUT2D eigenvalue weighted by Gasteiger charge is -2.23. The second-order valence-electron chi connectivity index (χ2n) is 5.20. The molecule has 0 amide bonds. The normalized spacial score (nSPS) is 26.2. The average Bonchev–Trinajstić information content (AvgIpc) is 3.07. The van der Waals surface area contributed by atoms with Crippen LogP contribution in [0.2, 0.25) is 0 Å². The lowest BCUT2D eigenvalue weighted by molar-refractivity contribution is 0.267. The van der Waals surface area contributed by atoms with Gasteiger partial charge in [-0.2, -0.15) is 0 Å². The predicted molar refractivity (Wildman–Crippen MR) is 72.4 cm³/mol. The Kier molecular flexibility index (Phi) is 4.66. The molecule has 1 unspecified atom stereocenters. The largest absolute Gasteiger partial charge is 0.356 e. The van der Waals surface area contributed by atoms with Gasteiger partial charge in [0.05, 0.1) is 0 Å². The number of nitrogens with zero attached hydrogens (tertiary/aromatic N) is 2. The average molecular weight is 238 g/mol. The van der Waals surface area contributed by atoms with E-state index < -0.39 is 0 Å². The van der Waals surface area contributed by atoms with Gasteiger partial charge < -0.3 is 10.6 Å². The zero-order valence-corrected chi connectivity index (χ0v) is 11.2. The van der Waals surface area contributed by atoms with Crippen LogP contribution in [0.15, 0.2) is 4.99 Å². The topological polar surface area (TPSA) is 39.7 Å². The van der Waals surface area contributed by atoms with E-state index in [-0.39, 0.29) is 0 Å². The van der Waals surface area contributed by atoms with E-state index in [1.165, 1.54) is 38.8 Å². The van der Waals surface area contributed by atoms with Crippen LogP contribution >= 0.6 is 0 Å². The lowest BCUT2D eigenvalue weighted by atomic mass is 10.2. The summed E-state index contributed by atoms with van der Waals surface area (Å²) in [6.07, 6.45) is 5.43. The molecule has 2 fully saturated rings. The summed E-state index contributed by atoms with van der Waals surface area (Å²) in [5.74, 6) is 1.87. The van der Waals surface area contributed by atoms with Crippen molar-refractivity contribution in [2.75, 3.05) is 33.2 Å². The van der Waals surface area contributed by atoms with Gasteiger partial charge in [0.2, 0.25) is 0 Å². The van der Waals surface area contributed by atoms with E-state index in [4.69, 9.17) is 0 Å². The highest BCUT2D eigenvalue weighted by atomic mass is 15.2. The maximum Gasteiger partial charge on any atom is 0.191 e. The Morgan fingerprint density at radius 3 is 2.65 bits per heavy atom. The summed E-state index contributed by atoms with van der Waals surface area (Å²) in [5.41, 5.74) is 0. The van der Waals surface area contributed by atoms with E-state index in [0.29, 0.717) is 6.04 Å². The van der Waals surface area contributed by atoms with Gasteiger partial charge in [0, 0.05) is 26.2 Å². The summed E-state index contributed by atoms with van der Waals surface area (Å²) in [7, 11) is 1.86. The molecule has 1 saturated heterocycles. The van der Waals surface area contributed by atoms with Crippen LogP contribution in [0.4, 0.5) is 0 Å². The van der Waals surface area contributed by atoms with Crippen molar-refractivity contribution in [3.63, 3.8) is 0 Å². The highest BCUT2D eigenvalue weighted by Crippen LogP contribution is 2.27. The minimum absolute atomic E-state index is 0.694. The third kappa shape index (κ3) is 3.87. The number of rotatable bonds is 5. The van der Waals surface area contributed by atoms with E-state index in [2.05, 4.69) is 27.4 Å². The molecular formula is C13H26N4. The zero-order valence-electron chi connectivity index (χ0n) is 11.2. The summed E-state index contributed by atoms with van der Waals surface area (Å²) in [6.45, 7) is 6.79. The molecule has 0 bridgehead atoms. The van der Waals surface area contributed by atoms with Crippen molar-refractivity contribution < 1.29 is 0 Å². The van der Waals surface area contributed by atoms with Crippen LogP contribution in [0, 0.1) is 5.92 Å². The third-order valence-corrected chi connectivity index (χ3v) is 3.89. The maximum absolute atomic E-state index is 4.28. The number of hydrogen-bond acceptors (Lipinski definition) is 2. The summed E-state index contributed by atoms with van der Waals surface area (Å²) in [6, 6.07) is 0.694. The Morgan fingerprint density at radius 2 is 2.00 bits per heavy atom. The number of guanidine groups is 1. The number of nitrogens with one attached hydrogen (secondary N) is 2. The van der Waals surface area contributed by atoms with Crippen LogP contribution < -0.4 is 10.6 Å². The van der Waals surface area contributed by atoms with Crippen molar-refractivity contribution in [2.24, 2.45) is 10.9 Å². The minimum Gasteiger partial charge on any atom is -0.356 e. The molecule has 98 valence electrons. The fourth-order valence-corrected chi connectivity index (χ4v) is 2.54. The first-order chi connectivity index (χ1) is 8.33. The standard InChI is InChI=1S/C13H26N4/c1-3-17-8-4-5-12(17)10-16-13(14-2)15-9-11-6-7-11/h11-12H,3-10H2,1-2H3,(H2,14,15,16). The van der Waals surface area contributed by atoms with Crippen molar-refractivity contribution in [3.05, 3.63) is 0 Å². The fraction of sp³-hybridized carbons (Fsp3) is 0.923. The highest BCUT2D eigenvalue weighted by Gasteiger charge is 2.23. The first-order valence-corrected chi connectivity index (χ1v) is 7.02. The zero-order chi connectivity index (χ0) is 12.1. The van der Waals surface area contributed by atoms with Crippen LogP contribution in [-0.4, -0.2) is 50.1 Å². The second kappa shape index (κ2) is 6.24. The van der Waals surface area contributed by atoms with E-state index in [0.717, 1.165) is 25.0 Å². The van der Waals surface area contributed by atoms with Crippen LogP contribution in [0.25, 0.3) is 0 Å². The van der Waals surface area contributed by atoms with Crippen molar-refractivity contribution in [1.29, 1.82) is 0 Å². The maximum atomic E-state index is 4.28. The molecule has 0 radical (unpaired) electrons. The molecule has 4 heteroatoms. The van der Waals surface area contributed by atoms with Gasteiger partial charge in [0.15, 0.2) is 5.96 Å². The van der Waals surface area contributed by atoms with Gasteiger partial charge in [-0.05, 0) is 44.7 Å². The van der Waals surface area contributed by atoms with E-state index in [9.17, 15) is 0 Å². The lowest BCUT2D eigenvalue weighted by Crippen LogP contribution is -2.45. The molecule has 2 rings (SSSR count). The van der Waals surface area contributed by atoms with Gasteiger partial charge >= 0.3 is 0 Å². The minimum atomic E-state index is 0.694. The van der Waals surface area contributed by atoms with E-state index in [1.807, 2.05) is 7.05 Å². The van der Waals surface area contributed by atoms with Crippen molar-refractivity contribution in [3.8, 4) is 0 Å². The van der Waals surface area contributed by atoms with Crippen LogP contribution in [-0.2, 0) is 0 Å². The Balaban J connectivity index is 1.67. The van der Waals surface area contributed by atoms with E-state index >= 15 is 0 Å². The molecule has 1 aliphatic carbocycles. The Hall–Kier alpha value is -0.770. The molecule has 17 heavy (non-hydrogen) atoms. The number of hydrogen-bond donors (Lipinski definition) is 2. The molecule has 2 aliphatic rings. The number of likely N-dealkylation sites (N-methyl/N-ethyl adjacent to an activating group) is 1. The molecule has 4 nitrogen and oxygen atoms in total. The summed E-state index contributed by atoms with van der Waals surface area (Å²) in [4.78, 5) is 6.83. The molecule has 0 aromatic carbocycles. The van der Waals surface area contributed by atoms with Crippen molar-refractivity contribution >= 4 is 5.96 Å². The second-order valence-corrected chi connectivity index (χ2v) is 5.20. The molecule has 2 N–H and O–H groups in total. The molecule has 0 aromatic heterocycles. The van der Waals surface area contributed by atoms with Crippen LogP contribution in [0.1, 0.15) is 32.6 Å². The van der Waals surface area contributed by atoms with Gasteiger partial charge in [-0.15, -0.1) is 0 Å². The summed E-state index contributed by atoms with van der Waals surface area (Å²) < 4.78 is 0. The van der Waals surface area contributed by atoms with Gasteiger partial charge in [-0.3, -0.25) is 9.89 Å². The monoisotopic (exact) mass is 238 g/mol. The Bertz CT molecular complexity index is 260. The SMILES string of the molecule is CCN1CCCC1CNC(=NC)NCC1CC1.